The molecule has 2 heteroatoms. The maximum absolute atomic E-state index is 9.31. The van der Waals surface area contributed by atoms with Crippen LogP contribution in [-0.4, -0.2) is 35.7 Å². The fraction of sp³-hybridized carbons (Fsp3) is 1.00. The molecule has 2 atom stereocenters. The zero-order chi connectivity index (χ0) is 8.27. The Morgan fingerprint density at radius 3 is 2.82 bits per heavy atom. The van der Waals surface area contributed by atoms with Crippen LogP contribution in [0.2, 0.25) is 0 Å². The van der Waals surface area contributed by atoms with Crippen molar-refractivity contribution in [2.75, 3.05) is 19.6 Å². The number of rotatable bonds is 3. The molecule has 0 aliphatic carbocycles. The average molecular weight is 157 g/mol. The Hall–Kier alpha value is -0.0800. The molecule has 0 amide bonds. The highest BCUT2D eigenvalue weighted by atomic mass is 16.3. The third-order valence-corrected chi connectivity index (χ3v) is 2.53. The van der Waals surface area contributed by atoms with Gasteiger partial charge in [-0.25, -0.2) is 0 Å². The monoisotopic (exact) mass is 157 g/mol. The van der Waals surface area contributed by atoms with Crippen molar-refractivity contribution in [3.63, 3.8) is 0 Å². The number of likely N-dealkylation sites (tertiary alicyclic amines) is 1. The molecule has 1 aliphatic heterocycles. The van der Waals surface area contributed by atoms with E-state index in [-0.39, 0.29) is 6.10 Å². The minimum Gasteiger partial charge on any atom is -0.393 e. The van der Waals surface area contributed by atoms with E-state index in [1.54, 1.807) is 0 Å². The topological polar surface area (TPSA) is 23.5 Å². The Bertz CT molecular complexity index is 114. The van der Waals surface area contributed by atoms with Gasteiger partial charge in [0, 0.05) is 6.54 Å². The molecular weight excluding hydrogens is 138 g/mol. The van der Waals surface area contributed by atoms with E-state index in [9.17, 15) is 5.11 Å². The highest BCUT2D eigenvalue weighted by Gasteiger charge is 2.24. The summed E-state index contributed by atoms with van der Waals surface area (Å²) in [4.78, 5) is 2.44. The van der Waals surface area contributed by atoms with Crippen molar-refractivity contribution < 1.29 is 5.11 Å². The van der Waals surface area contributed by atoms with Crippen LogP contribution in [0.1, 0.15) is 26.7 Å². The molecule has 0 saturated carbocycles. The van der Waals surface area contributed by atoms with Gasteiger partial charge in [0.25, 0.3) is 0 Å². The summed E-state index contributed by atoms with van der Waals surface area (Å²) in [6.07, 6.45) is 2.29. The Morgan fingerprint density at radius 1 is 1.64 bits per heavy atom. The first-order valence-electron chi connectivity index (χ1n) is 4.64. The molecular formula is C9H19NO. The summed E-state index contributed by atoms with van der Waals surface area (Å²) in [7, 11) is 0. The quantitative estimate of drug-likeness (QED) is 0.663. The summed E-state index contributed by atoms with van der Waals surface area (Å²) in [5, 5.41) is 9.31. The van der Waals surface area contributed by atoms with E-state index in [4.69, 9.17) is 0 Å². The van der Waals surface area contributed by atoms with E-state index >= 15 is 0 Å². The normalized spacial score (nSPS) is 29.2. The number of hydrogen-bond donors (Lipinski definition) is 1. The maximum atomic E-state index is 9.31. The molecule has 0 bridgehead atoms. The molecule has 2 unspecified atom stereocenters. The molecule has 1 heterocycles. The van der Waals surface area contributed by atoms with Gasteiger partial charge >= 0.3 is 0 Å². The first-order chi connectivity index (χ1) is 5.24. The summed E-state index contributed by atoms with van der Waals surface area (Å²) in [5.41, 5.74) is 0. The number of nitrogens with zero attached hydrogens (tertiary/aromatic N) is 1. The zero-order valence-corrected chi connectivity index (χ0v) is 7.58. The van der Waals surface area contributed by atoms with E-state index < -0.39 is 0 Å². The van der Waals surface area contributed by atoms with Crippen LogP contribution in [0.15, 0.2) is 0 Å². The molecule has 1 aliphatic rings. The van der Waals surface area contributed by atoms with Crippen molar-refractivity contribution in [3.05, 3.63) is 0 Å². The molecule has 11 heavy (non-hydrogen) atoms. The Labute approximate surface area is 69.2 Å². The summed E-state index contributed by atoms with van der Waals surface area (Å²) in [5.74, 6) is 0.529. The van der Waals surface area contributed by atoms with Gasteiger partial charge in [-0.3, -0.25) is 0 Å². The van der Waals surface area contributed by atoms with Crippen LogP contribution in [0.3, 0.4) is 0 Å². The molecule has 0 spiro atoms. The molecule has 2 nitrogen and oxygen atoms in total. The van der Waals surface area contributed by atoms with Crippen LogP contribution in [0.5, 0.6) is 0 Å². The van der Waals surface area contributed by atoms with Crippen LogP contribution in [-0.2, 0) is 0 Å². The van der Waals surface area contributed by atoms with Crippen molar-refractivity contribution >= 4 is 0 Å². The van der Waals surface area contributed by atoms with E-state index in [1.165, 1.54) is 25.9 Å². The second-order valence-corrected chi connectivity index (χ2v) is 3.59. The minimum absolute atomic E-state index is 0.114. The fourth-order valence-electron chi connectivity index (χ4n) is 1.78. The van der Waals surface area contributed by atoms with Gasteiger partial charge in [-0.15, -0.1) is 0 Å². The highest BCUT2D eigenvalue weighted by molar-refractivity contribution is 4.78. The molecule has 1 saturated heterocycles. The lowest BCUT2D eigenvalue weighted by atomic mass is 10.0. The minimum atomic E-state index is -0.114. The lowest BCUT2D eigenvalue weighted by Gasteiger charge is -2.15. The van der Waals surface area contributed by atoms with Crippen LogP contribution in [0.4, 0.5) is 0 Å². The summed E-state index contributed by atoms with van der Waals surface area (Å²) in [6.45, 7) is 7.59. The highest BCUT2D eigenvalue weighted by Crippen LogP contribution is 2.19. The Morgan fingerprint density at radius 2 is 2.36 bits per heavy atom. The second-order valence-electron chi connectivity index (χ2n) is 3.59. The molecule has 0 aromatic carbocycles. The van der Waals surface area contributed by atoms with Gasteiger partial charge in [0.05, 0.1) is 6.10 Å². The maximum Gasteiger partial charge on any atom is 0.0552 e. The molecule has 1 N–H and O–H groups in total. The smallest absolute Gasteiger partial charge is 0.0552 e. The van der Waals surface area contributed by atoms with Gasteiger partial charge in [-0.2, -0.15) is 0 Å². The van der Waals surface area contributed by atoms with Crippen LogP contribution in [0.25, 0.3) is 0 Å². The number of aliphatic hydroxyl groups excluding tert-OH is 1. The van der Waals surface area contributed by atoms with Crippen molar-refractivity contribution in [1.29, 1.82) is 0 Å². The Balaban J connectivity index is 2.23. The van der Waals surface area contributed by atoms with Crippen molar-refractivity contribution in [3.8, 4) is 0 Å². The third kappa shape index (κ3) is 2.46. The number of hydrogen-bond acceptors (Lipinski definition) is 2. The SMILES string of the molecule is CCCN1CCC(C(C)O)C1. The molecule has 1 rings (SSSR count). The third-order valence-electron chi connectivity index (χ3n) is 2.53. The zero-order valence-electron chi connectivity index (χ0n) is 7.58. The van der Waals surface area contributed by atoms with Crippen LogP contribution in [0, 0.1) is 5.92 Å². The second kappa shape index (κ2) is 4.07. The molecule has 66 valence electrons. The molecule has 1 fully saturated rings. The van der Waals surface area contributed by atoms with Crippen molar-refractivity contribution in [2.24, 2.45) is 5.92 Å². The van der Waals surface area contributed by atoms with Gasteiger partial charge in [0.1, 0.15) is 0 Å². The summed E-state index contributed by atoms with van der Waals surface area (Å²) < 4.78 is 0. The molecule has 0 aromatic rings. The van der Waals surface area contributed by atoms with Crippen molar-refractivity contribution in [2.45, 2.75) is 32.8 Å². The number of aliphatic hydroxyl groups is 1. The van der Waals surface area contributed by atoms with Gasteiger partial charge in [0.2, 0.25) is 0 Å². The van der Waals surface area contributed by atoms with E-state index in [0.717, 1.165) is 6.54 Å². The lowest BCUT2D eigenvalue weighted by molar-refractivity contribution is 0.128. The van der Waals surface area contributed by atoms with Crippen LogP contribution < -0.4 is 0 Å². The predicted octanol–water partition coefficient (Wildman–Crippen LogP) is 1.10. The van der Waals surface area contributed by atoms with E-state index in [0.29, 0.717) is 5.92 Å². The van der Waals surface area contributed by atoms with Gasteiger partial charge in [0.15, 0.2) is 0 Å². The standard InChI is InChI=1S/C9H19NO/c1-3-5-10-6-4-9(7-10)8(2)11/h8-9,11H,3-7H2,1-2H3. The van der Waals surface area contributed by atoms with Gasteiger partial charge < -0.3 is 10.0 Å². The summed E-state index contributed by atoms with van der Waals surface area (Å²) >= 11 is 0. The van der Waals surface area contributed by atoms with Gasteiger partial charge in [-0.1, -0.05) is 6.92 Å². The largest absolute Gasteiger partial charge is 0.393 e. The predicted molar refractivity (Wildman–Crippen MR) is 46.5 cm³/mol. The van der Waals surface area contributed by atoms with Gasteiger partial charge in [-0.05, 0) is 38.8 Å². The molecule has 0 aromatic heterocycles. The van der Waals surface area contributed by atoms with Crippen LogP contribution >= 0.6 is 0 Å². The Kier molecular flexibility index (Phi) is 3.34. The van der Waals surface area contributed by atoms with Crippen molar-refractivity contribution in [1.82, 2.24) is 4.90 Å². The fourth-order valence-corrected chi connectivity index (χ4v) is 1.78. The van der Waals surface area contributed by atoms with E-state index in [1.807, 2.05) is 6.92 Å². The first kappa shape index (κ1) is 9.01. The summed E-state index contributed by atoms with van der Waals surface area (Å²) in [6, 6.07) is 0. The molecule has 0 radical (unpaired) electrons. The van der Waals surface area contributed by atoms with E-state index in [2.05, 4.69) is 11.8 Å². The average Bonchev–Trinajstić information content (AvgIpc) is 2.37. The first-order valence-corrected chi connectivity index (χ1v) is 4.64. The lowest BCUT2D eigenvalue weighted by Crippen LogP contribution is -2.24.